The standard InChI is InChI=1S/C23H24N2O2/c1-16(2)18-11-13-20(14-12-18)27-15-17-7-9-19(10-8-17)23(26)25-22-6-4-3-5-21(22)24/h3-14,16H,15,24H2,1-2H3,(H,25,26). The molecule has 27 heavy (non-hydrogen) atoms. The smallest absolute Gasteiger partial charge is 0.255 e. The monoisotopic (exact) mass is 360 g/mol. The molecule has 0 aliphatic carbocycles. The minimum absolute atomic E-state index is 0.190. The van der Waals surface area contributed by atoms with Crippen molar-refractivity contribution in [1.29, 1.82) is 0 Å². The molecule has 0 aromatic heterocycles. The molecule has 3 aromatic rings. The first kappa shape index (κ1) is 18.5. The van der Waals surface area contributed by atoms with Gasteiger partial charge in [-0.25, -0.2) is 0 Å². The number of rotatable bonds is 6. The highest BCUT2D eigenvalue weighted by atomic mass is 16.5. The Morgan fingerprint density at radius 2 is 1.63 bits per heavy atom. The van der Waals surface area contributed by atoms with Crippen molar-refractivity contribution >= 4 is 17.3 Å². The Kier molecular flexibility index (Phi) is 5.77. The highest BCUT2D eigenvalue weighted by molar-refractivity contribution is 6.05. The average Bonchev–Trinajstić information content (AvgIpc) is 2.69. The molecular formula is C23H24N2O2. The van der Waals surface area contributed by atoms with Crippen LogP contribution in [-0.2, 0) is 6.61 Å². The van der Waals surface area contributed by atoms with Crippen molar-refractivity contribution in [3.8, 4) is 5.75 Å². The minimum atomic E-state index is -0.190. The van der Waals surface area contributed by atoms with Crippen molar-refractivity contribution in [2.75, 3.05) is 11.1 Å². The van der Waals surface area contributed by atoms with Gasteiger partial charge in [0.15, 0.2) is 0 Å². The van der Waals surface area contributed by atoms with Gasteiger partial charge in [0.2, 0.25) is 0 Å². The van der Waals surface area contributed by atoms with Crippen LogP contribution < -0.4 is 15.8 Å². The first-order valence-corrected chi connectivity index (χ1v) is 9.00. The van der Waals surface area contributed by atoms with E-state index < -0.39 is 0 Å². The van der Waals surface area contributed by atoms with Gasteiger partial charge in [-0.15, -0.1) is 0 Å². The van der Waals surface area contributed by atoms with Crippen molar-refractivity contribution in [3.05, 3.63) is 89.5 Å². The van der Waals surface area contributed by atoms with Crippen LogP contribution in [0.25, 0.3) is 0 Å². The molecule has 0 saturated heterocycles. The molecule has 0 unspecified atom stereocenters. The highest BCUT2D eigenvalue weighted by Gasteiger charge is 2.08. The van der Waals surface area contributed by atoms with E-state index in [2.05, 4.69) is 31.3 Å². The quantitative estimate of drug-likeness (QED) is 0.592. The molecule has 4 heteroatoms. The van der Waals surface area contributed by atoms with Crippen LogP contribution in [0.15, 0.2) is 72.8 Å². The average molecular weight is 360 g/mol. The molecule has 3 N–H and O–H groups in total. The molecule has 0 aliphatic rings. The number of nitrogen functional groups attached to an aromatic ring is 1. The summed E-state index contributed by atoms with van der Waals surface area (Å²) in [5, 5.41) is 2.82. The lowest BCUT2D eigenvalue weighted by atomic mass is 10.0. The number of anilines is 2. The van der Waals surface area contributed by atoms with Crippen LogP contribution >= 0.6 is 0 Å². The number of carbonyl (C=O) groups is 1. The number of amides is 1. The van der Waals surface area contributed by atoms with E-state index in [0.29, 0.717) is 29.5 Å². The summed E-state index contributed by atoms with van der Waals surface area (Å²) in [5.41, 5.74) is 9.87. The number of para-hydroxylation sites is 2. The van der Waals surface area contributed by atoms with Crippen LogP contribution in [0.4, 0.5) is 11.4 Å². The van der Waals surface area contributed by atoms with Gasteiger partial charge < -0.3 is 15.8 Å². The van der Waals surface area contributed by atoms with E-state index in [9.17, 15) is 4.79 Å². The highest BCUT2D eigenvalue weighted by Crippen LogP contribution is 2.20. The third-order valence-electron chi connectivity index (χ3n) is 4.38. The number of hydrogen-bond donors (Lipinski definition) is 2. The lowest BCUT2D eigenvalue weighted by molar-refractivity contribution is 0.102. The summed E-state index contributed by atoms with van der Waals surface area (Å²) in [6.07, 6.45) is 0. The van der Waals surface area contributed by atoms with Crippen molar-refractivity contribution in [1.82, 2.24) is 0 Å². The van der Waals surface area contributed by atoms with Crippen LogP contribution in [0, 0.1) is 0 Å². The summed E-state index contributed by atoms with van der Waals surface area (Å²) in [7, 11) is 0. The van der Waals surface area contributed by atoms with E-state index in [1.54, 1.807) is 24.3 Å². The van der Waals surface area contributed by atoms with Crippen LogP contribution in [0.2, 0.25) is 0 Å². The topological polar surface area (TPSA) is 64.3 Å². The van der Waals surface area contributed by atoms with Gasteiger partial charge in [-0.05, 0) is 53.4 Å². The Morgan fingerprint density at radius 3 is 2.26 bits per heavy atom. The Balaban J connectivity index is 1.58. The van der Waals surface area contributed by atoms with E-state index in [4.69, 9.17) is 10.5 Å². The van der Waals surface area contributed by atoms with E-state index in [-0.39, 0.29) is 5.91 Å². The number of benzene rings is 3. The molecule has 0 saturated carbocycles. The molecule has 138 valence electrons. The first-order valence-electron chi connectivity index (χ1n) is 9.00. The second-order valence-electron chi connectivity index (χ2n) is 6.75. The zero-order valence-corrected chi connectivity index (χ0v) is 15.6. The van der Waals surface area contributed by atoms with Gasteiger partial charge in [0, 0.05) is 5.56 Å². The lowest BCUT2D eigenvalue weighted by Crippen LogP contribution is -2.13. The fraction of sp³-hybridized carbons (Fsp3) is 0.174. The Morgan fingerprint density at radius 1 is 0.963 bits per heavy atom. The number of nitrogens with two attached hydrogens (primary N) is 1. The Labute approximate surface area is 160 Å². The van der Waals surface area contributed by atoms with Crippen LogP contribution in [0.5, 0.6) is 5.75 Å². The molecule has 0 fully saturated rings. The van der Waals surface area contributed by atoms with E-state index in [1.165, 1.54) is 5.56 Å². The number of carbonyl (C=O) groups excluding carboxylic acids is 1. The maximum atomic E-state index is 12.3. The summed E-state index contributed by atoms with van der Waals surface area (Å²) in [4.78, 5) is 12.3. The van der Waals surface area contributed by atoms with Gasteiger partial charge in [0.1, 0.15) is 12.4 Å². The fourth-order valence-electron chi connectivity index (χ4n) is 2.67. The normalized spacial score (nSPS) is 10.6. The van der Waals surface area contributed by atoms with Crippen molar-refractivity contribution in [2.45, 2.75) is 26.4 Å². The largest absolute Gasteiger partial charge is 0.489 e. The van der Waals surface area contributed by atoms with Crippen LogP contribution in [0.1, 0.15) is 41.3 Å². The van der Waals surface area contributed by atoms with Gasteiger partial charge in [-0.1, -0.05) is 50.2 Å². The number of nitrogens with one attached hydrogen (secondary N) is 1. The Hall–Kier alpha value is -3.27. The molecule has 1 amide bonds. The predicted octanol–water partition coefficient (Wildman–Crippen LogP) is 5.22. The molecule has 3 aromatic carbocycles. The minimum Gasteiger partial charge on any atom is -0.489 e. The van der Waals surface area contributed by atoms with E-state index in [1.807, 2.05) is 36.4 Å². The van der Waals surface area contributed by atoms with Gasteiger partial charge in [0.25, 0.3) is 5.91 Å². The van der Waals surface area contributed by atoms with Crippen LogP contribution in [0.3, 0.4) is 0 Å². The second-order valence-corrected chi connectivity index (χ2v) is 6.75. The summed E-state index contributed by atoms with van der Waals surface area (Å²) in [6, 6.07) is 22.7. The SMILES string of the molecule is CC(C)c1ccc(OCc2ccc(C(=O)Nc3ccccc3N)cc2)cc1. The summed E-state index contributed by atoms with van der Waals surface area (Å²) < 4.78 is 5.82. The molecular weight excluding hydrogens is 336 g/mol. The molecule has 0 spiro atoms. The van der Waals surface area contributed by atoms with E-state index in [0.717, 1.165) is 11.3 Å². The first-order chi connectivity index (χ1) is 13.0. The zero-order valence-electron chi connectivity index (χ0n) is 15.6. The molecule has 0 radical (unpaired) electrons. The lowest BCUT2D eigenvalue weighted by Gasteiger charge is -2.10. The zero-order chi connectivity index (χ0) is 19.2. The van der Waals surface area contributed by atoms with E-state index >= 15 is 0 Å². The maximum absolute atomic E-state index is 12.3. The molecule has 0 aliphatic heterocycles. The second kappa shape index (κ2) is 8.41. The van der Waals surface area contributed by atoms with Crippen molar-refractivity contribution in [2.24, 2.45) is 0 Å². The molecule has 0 bridgehead atoms. The summed E-state index contributed by atoms with van der Waals surface area (Å²) in [5.74, 6) is 1.15. The van der Waals surface area contributed by atoms with Crippen LogP contribution in [-0.4, -0.2) is 5.91 Å². The summed E-state index contributed by atoms with van der Waals surface area (Å²) >= 11 is 0. The van der Waals surface area contributed by atoms with Gasteiger partial charge >= 0.3 is 0 Å². The van der Waals surface area contributed by atoms with Gasteiger partial charge in [-0.2, -0.15) is 0 Å². The fourth-order valence-corrected chi connectivity index (χ4v) is 2.67. The third kappa shape index (κ3) is 4.88. The molecule has 0 atom stereocenters. The number of hydrogen-bond acceptors (Lipinski definition) is 3. The van der Waals surface area contributed by atoms with Crippen molar-refractivity contribution in [3.63, 3.8) is 0 Å². The molecule has 4 nitrogen and oxygen atoms in total. The van der Waals surface area contributed by atoms with Crippen molar-refractivity contribution < 1.29 is 9.53 Å². The van der Waals surface area contributed by atoms with Gasteiger partial charge in [-0.3, -0.25) is 4.79 Å². The molecule has 3 rings (SSSR count). The molecule has 0 heterocycles. The maximum Gasteiger partial charge on any atom is 0.255 e. The van der Waals surface area contributed by atoms with Gasteiger partial charge in [0.05, 0.1) is 11.4 Å². The predicted molar refractivity (Wildman–Crippen MR) is 110 cm³/mol. The Bertz CT molecular complexity index is 900. The summed E-state index contributed by atoms with van der Waals surface area (Å²) in [6.45, 7) is 4.79. The third-order valence-corrected chi connectivity index (χ3v) is 4.38. The number of ether oxygens (including phenoxy) is 1.